The van der Waals surface area contributed by atoms with Crippen molar-refractivity contribution in [1.29, 1.82) is 0 Å². The lowest BCUT2D eigenvalue weighted by molar-refractivity contribution is 0.107. The summed E-state index contributed by atoms with van der Waals surface area (Å²) in [5, 5.41) is 10.0. The summed E-state index contributed by atoms with van der Waals surface area (Å²) in [5.74, 6) is 3.32. The quantitative estimate of drug-likeness (QED) is 0.478. The highest BCUT2D eigenvalue weighted by Crippen LogP contribution is 2.58. The first kappa shape index (κ1) is 21.9. The molecule has 0 aromatic heterocycles. The van der Waals surface area contributed by atoms with Crippen LogP contribution in [0.4, 0.5) is 0 Å². The SMILES string of the molecule is CC1=C(/C=C/C2=CCCC3(C)C2CCC3C(C)CCCC(C)C)CC(O)CC1. The average Bonchev–Trinajstić information content (AvgIpc) is 2.99. The van der Waals surface area contributed by atoms with E-state index in [2.05, 4.69) is 52.8 Å². The molecule has 0 aromatic carbocycles. The third-order valence-electron chi connectivity index (χ3n) is 8.34. The number of allylic oxidation sites excluding steroid dienone is 5. The van der Waals surface area contributed by atoms with Crippen molar-refractivity contribution in [2.45, 2.75) is 105 Å². The zero-order valence-corrected chi connectivity index (χ0v) is 19.1. The maximum atomic E-state index is 10.0. The Kier molecular flexibility index (Phi) is 7.29. The molecule has 3 aliphatic rings. The number of fused-ring (bicyclic) bond motifs is 1. The second-order valence-electron chi connectivity index (χ2n) is 10.8. The van der Waals surface area contributed by atoms with Crippen LogP contribution in [0.3, 0.4) is 0 Å². The number of rotatable bonds is 7. The molecule has 3 rings (SSSR count). The van der Waals surface area contributed by atoms with Gasteiger partial charge in [-0.1, -0.05) is 70.8 Å². The Balaban J connectivity index is 1.67. The molecule has 0 spiro atoms. The summed E-state index contributed by atoms with van der Waals surface area (Å²) in [4.78, 5) is 0. The smallest absolute Gasteiger partial charge is 0.0583 e. The lowest BCUT2D eigenvalue weighted by atomic mass is 9.62. The highest BCUT2D eigenvalue weighted by molar-refractivity contribution is 5.36. The number of aliphatic hydroxyl groups excluding tert-OH is 1. The Morgan fingerprint density at radius 2 is 1.93 bits per heavy atom. The molecule has 0 bridgehead atoms. The predicted octanol–water partition coefficient (Wildman–Crippen LogP) is 7.62. The molecule has 0 aliphatic heterocycles. The van der Waals surface area contributed by atoms with E-state index >= 15 is 0 Å². The van der Waals surface area contributed by atoms with Gasteiger partial charge in [-0.25, -0.2) is 0 Å². The van der Waals surface area contributed by atoms with Gasteiger partial charge in [-0.2, -0.15) is 0 Å². The second-order valence-corrected chi connectivity index (χ2v) is 10.8. The minimum Gasteiger partial charge on any atom is -0.393 e. The molecule has 1 N–H and O–H groups in total. The fourth-order valence-electron chi connectivity index (χ4n) is 6.51. The van der Waals surface area contributed by atoms with Gasteiger partial charge in [0.05, 0.1) is 6.10 Å². The summed E-state index contributed by atoms with van der Waals surface area (Å²) < 4.78 is 0. The molecular formula is C27H44O. The van der Waals surface area contributed by atoms with Gasteiger partial charge in [-0.05, 0) is 92.1 Å². The monoisotopic (exact) mass is 384 g/mol. The molecule has 0 heterocycles. The summed E-state index contributed by atoms with van der Waals surface area (Å²) in [6, 6.07) is 0. The molecule has 5 atom stereocenters. The van der Waals surface area contributed by atoms with Crippen molar-refractivity contribution in [3.8, 4) is 0 Å². The molecule has 158 valence electrons. The molecule has 3 aliphatic carbocycles. The molecule has 0 amide bonds. The zero-order chi connectivity index (χ0) is 20.3. The van der Waals surface area contributed by atoms with Crippen molar-refractivity contribution >= 4 is 0 Å². The molecule has 1 fully saturated rings. The average molecular weight is 385 g/mol. The second kappa shape index (κ2) is 9.33. The fraction of sp³-hybridized carbons (Fsp3) is 0.778. The van der Waals surface area contributed by atoms with Crippen molar-refractivity contribution in [2.75, 3.05) is 0 Å². The fourth-order valence-corrected chi connectivity index (χ4v) is 6.51. The van der Waals surface area contributed by atoms with Crippen LogP contribution in [-0.4, -0.2) is 11.2 Å². The molecule has 0 aromatic rings. The normalized spacial score (nSPS) is 34.8. The van der Waals surface area contributed by atoms with Crippen LogP contribution >= 0.6 is 0 Å². The van der Waals surface area contributed by atoms with Crippen LogP contribution in [0.5, 0.6) is 0 Å². The highest BCUT2D eigenvalue weighted by atomic mass is 16.3. The first-order valence-corrected chi connectivity index (χ1v) is 12.1. The topological polar surface area (TPSA) is 20.2 Å². The van der Waals surface area contributed by atoms with E-state index in [9.17, 15) is 5.11 Å². The molecule has 1 saturated carbocycles. The molecule has 0 radical (unpaired) electrons. The van der Waals surface area contributed by atoms with Crippen molar-refractivity contribution in [3.63, 3.8) is 0 Å². The molecule has 5 unspecified atom stereocenters. The van der Waals surface area contributed by atoms with Crippen LogP contribution in [0.2, 0.25) is 0 Å². The Bertz CT molecular complexity index is 622. The summed E-state index contributed by atoms with van der Waals surface area (Å²) >= 11 is 0. The van der Waals surface area contributed by atoms with Crippen LogP contribution in [0.25, 0.3) is 0 Å². The zero-order valence-electron chi connectivity index (χ0n) is 19.1. The van der Waals surface area contributed by atoms with Crippen LogP contribution in [0.15, 0.2) is 34.9 Å². The Hall–Kier alpha value is -0.820. The minimum atomic E-state index is -0.142. The standard InChI is InChI=1S/C27H44O/c1-19(2)8-6-9-21(4)25-15-16-26-22(10-7-17-27(25,26)5)12-13-23-18-24(28)14-11-20(23)3/h10,12-13,19,21,24-26,28H,6-9,11,14-18H2,1-5H3/b13-12+. The van der Waals surface area contributed by atoms with Crippen LogP contribution in [-0.2, 0) is 0 Å². The van der Waals surface area contributed by atoms with Crippen molar-refractivity contribution in [3.05, 3.63) is 34.9 Å². The number of hydrogen-bond acceptors (Lipinski definition) is 1. The predicted molar refractivity (Wildman–Crippen MR) is 121 cm³/mol. The van der Waals surface area contributed by atoms with Gasteiger partial charge in [0.1, 0.15) is 0 Å². The van der Waals surface area contributed by atoms with Crippen molar-refractivity contribution in [1.82, 2.24) is 0 Å². The van der Waals surface area contributed by atoms with Crippen LogP contribution < -0.4 is 0 Å². The van der Waals surface area contributed by atoms with Crippen LogP contribution in [0, 0.1) is 29.1 Å². The summed E-state index contributed by atoms with van der Waals surface area (Å²) in [7, 11) is 0. The molecule has 0 saturated heterocycles. The van der Waals surface area contributed by atoms with E-state index in [1.54, 1.807) is 5.57 Å². The Morgan fingerprint density at radius 3 is 2.68 bits per heavy atom. The molecule has 28 heavy (non-hydrogen) atoms. The third kappa shape index (κ3) is 4.84. The summed E-state index contributed by atoms with van der Waals surface area (Å²) in [5.41, 5.74) is 4.93. The van der Waals surface area contributed by atoms with E-state index in [1.807, 2.05) is 0 Å². The Labute approximate surface area is 174 Å². The maximum absolute atomic E-state index is 10.0. The minimum absolute atomic E-state index is 0.142. The van der Waals surface area contributed by atoms with E-state index in [1.165, 1.54) is 56.1 Å². The molecule has 1 heteroatoms. The van der Waals surface area contributed by atoms with Crippen molar-refractivity contribution < 1.29 is 5.11 Å². The van der Waals surface area contributed by atoms with Gasteiger partial charge in [0.2, 0.25) is 0 Å². The first-order chi connectivity index (χ1) is 13.3. The lowest BCUT2D eigenvalue weighted by Gasteiger charge is -2.43. The number of aliphatic hydroxyl groups is 1. The van der Waals surface area contributed by atoms with E-state index in [0.717, 1.165) is 42.9 Å². The van der Waals surface area contributed by atoms with Crippen molar-refractivity contribution in [2.24, 2.45) is 29.1 Å². The summed E-state index contributed by atoms with van der Waals surface area (Å²) in [6.45, 7) is 12.1. The summed E-state index contributed by atoms with van der Waals surface area (Å²) in [6.07, 6.45) is 19.5. The van der Waals surface area contributed by atoms with Gasteiger partial charge >= 0.3 is 0 Å². The number of hydrogen-bond donors (Lipinski definition) is 1. The van der Waals surface area contributed by atoms with Gasteiger partial charge in [0.15, 0.2) is 0 Å². The molecular weight excluding hydrogens is 340 g/mol. The van der Waals surface area contributed by atoms with Gasteiger partial charge in [0, 0.05) is 0 Å². The van der Waals surface area contributed by atoms with E-state index in [0.29, 0.717) is 5.41 Å². The largest absolute Gasteiger partial charge is 0.393 e. The molecule has 1 nitrogen and oxygen atoms in total. The van der Waals surface area contributed by atoms with E-state index in [-0.39, 0.29) is 6.10 Å². The Morgan fingerprint density at radius 1 is 1.14 bits per heavy atom. The lowest BCUT2D eigenvalue weighted by Crippen LogP contribution is -2.35. The first-order valence-electron chi connectivity index (χ1n) is 12.1. The van der Waals surface area contributed by atoms with E-state index < -0.39 is 0 Å². The van der Waals surface area contributed by atoms with Gasteiger partial charge in [0.25, 0.3) is 0 Å². The third-order valence-corrected chi connectivity index (χ3v) is 8.34. The van der Waals surface area contributed by atoms with Gasteiger partial charge < -0.3 is 5.11 Å². The van der Waals surface area contributed by atoms with E-state index in [4.69, 9.17) is 0 Å². The van der Waals surface area contributed by atoms with Gasteiger partial charge in [-0.3, -0.25) is 0 Å². The maximum Gasteiger partial charge on any atom is 0.0583 e. The van der Waals surface area contributed by atoms with Gasteiger partial charge in [-0.15, -0.1) is 0 Å². The highest BCUT2D eigenvalue weighted by Gasteiger charge is 2.49. The van der Waals surface area contributed by atoms with Crippen LogP contribution in [0.1, 0.15) is 98.8 Å².